The van der Waals surface area contributed by atoms with E-state index in [2.05, 4.69) is 6.92 Å². The summed E-state index contributed by atoms with van der Waals surface area (Å²) in [6.07, 6.45) is 4.92. The molecule has 0 saturated carbocycles. The van der Waals surface area contributed by atoms with Crippen molar-refractivity contribution in [3.63, 3.8) is 0 Å². The first-order chi connectivity index (χ1) is 6.66. The molecule has 1 N–H and O–H groups in total. The molecule has 0 amide bonds. The van der Waals surface area contributed by atoms with Gasteiger partial charge in [0.05, 0.1) is 5.57 Å². The number of allylic oxidation sites excluding steroid dienone is 1. The topological polar surface area (TPSA) is 46.5 Å². The van der Waals surface area contributed by atoms with Crippen molar-refractivity contribution >= 4 is 5.97 Å². The molecule has 0 spiro atoms. The third-order valence-corrected chi connectivity index (χ3v) is 2.46. The van der Waals surface area contributed by atoms with Crippen LogP contribution in [0.1, 0.15) is 39.5 Å². The molecule has 80 valence electrons. The molecule has 0 aliphatic carbocycles. The van der Waals surface area contributed by atoms with E-state index >= 15 is 0 Å². The first-order valence-corrected chi connectivity index (χ1v) is 5.26. The second-order valence-corrected chi connectivity index (χ2v) is 3.71. The van der Waals surface area contributed by atoms with E-state index in [1.54, 1.807) is 6.92 Å². The van der Waals surface area contributed by atoms with Gasteiger partial charge >= 0.3 is 5.97 Å². The first kappa shape index (κ1) is 11.2. The third-order valence-electron chi connectivity index (χ3n) is 2.46. The molecule has 0 aromatic heterocycles. The minimum Gasteiger partial charge on any atom is -0.456 e. The normalized spacial score (nSPS) is 29.6. The summed E-state index contributed by atoms with van der Waals surface area (Å²) in [5.74, 6) is -0.360. The summed E-state index contributed by atoms with van der Waals surface area (Å²) < 4.78 is 4.89. The molecular formula is C11H18O3. The highest BCUT2D eigenvalue weighted by molar-refractivity contribution is 5.92. The molecule has 14 heavy (non-hydrogen) atoms. The van der Waals surface area contributed by atoms with Gasteiger partial charge in [-0.25, -0.2) is 4.79 Å². The van der Waals surface area contributed by atoms with Crippen LogP contribution in [0.15, 0.2) is 11.6 Å². The Morgan fingerprint density at radius 1 is 1.50 bits per heavy atom. The smallest absolute Gasteiger partial charge is 0.336 e. The van der Waals surface area contributed by atoms with Crippen LogP contribution in [-0.2, 0) is 9.53 Å². The Balaban J connectivity index is 2.45. The zero-order valence-electron chi connectivity index (χ0n) is 8.82. The number of carbonyl (C=O) groups excluding carboxylic acids is 1. The number of rotatable bonds is 4. The van der Waals surface area contributed by atoms with Gasteiger partial charge in [-0.3, -0.25) is 0 Å². The molecule has 0 radical (unpaired) electrons. The van der Waals surface area contributed by atoms with Crippen LogP contribution in [0.3, 0.4) is 0 Å². The van der Waals surface area contributed by atoms with Gasteiger partial charge < -0.3 is 9.84 Å². The van der Waals surface area contributed by atoms with Gasteiger partial charge in [-0.05, 0) is 19.8 Å². The molecule has 0 aromatic rings. The quantitative estimate of drug-likeness (QED) is 0.425. The number of aliphatic hydroxyl groups excluding tert-OH is 1. The molecule has 0 aromatic carbocycles. The van der Waals surface area contributed by atoms with Gasteiger partial charge in [0.1, 0.15) is 12.2 Å². The van der Waals surface area contributed by atoms with Crippen LogP contribution in [0.2, 0.25) is 0 Å². The monoisotopic (exact) mass is 198 g/mol. The van der Waals surface area contributed by atoms with Crippen molar-refractivity contribution in [3.8, 4) is 0 Å². The van der Waals surface area contributed by atoms with Crippen LogP contribution < -0.4 is 0 Å². The molecule has 0 bridgehead atoms. The molecule has 1 heterocycles. The lowest BCUT2D eigenvalue weighted by Crippen LogP contribution is -2.17. The maximum Gasteiger partial charge on any atom is 0.336 e. The number of esters is 1. The summed E-state index contributed by atoms with van der Waals surface area (Å²) in [6, 6.07) is 0. The van der Waals surface area contributed by atoms with E-state index in [1.807, 2.05) is 6.08 Å². The van der Waals surface area contributed by atoms with Gasteiger partial charge in [-0.2, -0.15) is 0 Å². The van der Waals surface area contributed by atoms with E-state index in [0.29, 0.717) is 5.57 Å². The lowest BCUT2D eigenvalue weighted by Gasteiger charge is -2.04. The van der Waals surface area contributed by atoms with Crippen molar-refractivity contribution in [2.75, 3.05) is 0 Å². The Morgan fingerprint density at radius 3 is 2.71 bits per heavy atom. The summed E-state index contributed by atoms with van der Waals surface area (Å²) in [5, 5.41) is 9.57. The van der Waals surface area contributed by atoms with Crippen LogP contribution >= 0.6 is 0 Å². The molecule has 3 heteroatoms. The summed E-state index contributed by atoms with van der Waals surface area (Å²) in [5.41, 5.74) is 0.439. The zero-order chi connectivity index (χ0) is 10.6. The number of aliphatic hydroxyl groups is 1. The Morgan fingerprint density at radius 2 is 2.21 bits per heavy atom. The van der Waals surface area contributed by atoms with Crippen molar-refractivity contribution in [2.24, 2.45) is 0 Å². The number of ether oxygens (including phenoxy) is 1. The predicted molar refractivity (Wildman–Crippen MR) is 53.8 cm³/mol. The number of cyclic esters (lactones) is 1. The van der Waals surface area contributed by atoms with Crippen molar-refractivity contribution in [1.82, 2.24) is 0 Å². The summed E-state index contributed by atoms with van der Waals surface area (Å²) in [6.45, 7) is 3.84. The number of hydrogen-bond acceptors (Lipinski definition) is 3. The first-order valence-electron chi connectivity index (χ1n) is 5.26. The van der Waals surface area contributed by atoms with E-state index in [0.717, 1.165) is 25.7 Å². The van der Waals surface area contributed by atoms with E-state index in [1.165, 1.54) is 0 Å². The summed E-state index contributed by atoms with van der Waals surface area (Å²) in [7, 11) is 0. The van der Waals surface area contributed by atoms with Crippen LogP contribution in [0.25, 0.3) is 0 Å². The molecular weight excluding hydrogens is 180 g/mol. The van der Waals surface area contributed by atoms with Gasteiger partial charge in [0.25, 0.3) is 0 Å². The zero-order valence-corrected chi connectivity index (χ0v) is 8.82. The fourth-order valence-corrected chi connectivity index (χ4v) is 1.53. The highest BCUT2D eigenvalue weighted by Gasteiger charge is 2.34. The van der Waals surface area contributed by atoms with E-state index in [4.69, 9.17) is 4.74 Å². The third kappa shape index (κ3) is 2.58. The molecule has 1 rings (SSSR count). The molecule has 1 aliphatic heterocycles. The SMILES string of the molecule is CCCCCC=C1C(=O)OC(C)C1O. The maximum atomic E-state index is 11.2. The van der Waals surface area contributed by atoms with E-state index < -0.39 is 6.10 Å². The molecule has 2 unspecified atom stereocenters. The van der Waals surface area contributed by atoms with Gasteiger partial charge in [0, 0.05) is 0 Å². The van der Waals surface area contributed by atoms with Crippen LogP contribution in [0.4, 0.5) is 0 Å². The number of hydrogen-bond donors (Lipinski definition) is 1. The molecule has 3 nitrogen and oxygen atoms in total. The second kappa shape index (κ2) is 5.15. The molecule has 1 fully saturated rings. The fourth-order valence-electron chi connectivity index (χ4n) is 1.53. The number of unbranched alkanes of at least 4 members (excludes halogenated alkanes) is 3. The van der Waals surface area contributed by atoms with E-state index in [-0.39, 0.29) is 12.1 Å². The standard InChI is InChI=1S/C11H18O3/c1-3-4-5-6-7-9-10(12)8(2)14-11(9)13/h7-8,10,12H,3-6H2,1-2H3. The highest BCUT2D eigenvalue weighted by atomic mass is 16.6. The molecule has 2 atom stereocenters. The van der Waals surface area contributed by atoms with Crippen molar-refractivity contribution < 1.29 is 14.6 Å². The lowest BCUT2D eigenvalue weighted by atomic mass is 10.1. The highest BCUT2D eigenvalue weighted by Crippen LogP contribution is 2.21. The maximum absolute atomic E-state index is 11.2. The van der Waals surface area contributed by atoms with Gasteiger partial charge in [-0.15, -0.1) is 0 Å². The Kier molecular flexibility index (Phi) is 4.14. The Hall–Kier alpha value is -0.830. The fraction of sp³-hybridized carbons (Fsp3) is 0.727. The Bertz CT molecular complexity index is 233. The van der Waals surface area contributed by atoms with Crippen molar-refractivity contribution in [3.05, 3.63) is 11.6 Å². The Labute approximate surface area is 84.8 Å². The minimum atomic E-state index is -0.732. The summed E-state index contributed by atoms with van der Waals surface area (Å²) in [4.78, 5) is 11.2. The van der Waals surface area contributed by atoms with Crippen LogP contribution in [0.5, 0.6) is 0 Å². The van der Waals surface area contributed by atoms with Gasteiger partial charge in [-0.1, -0.05) is 25.8 Å². The second-order valence-electron chi connectivity index (χ2n) is 3.71. The number of carbonyl (C=O) groups is 1. The lowest BCUT2D eigenvalue weighted by molar-refractivity contribution is -0.138. The average Bonchev–Trinajstić information content (AvgIpc) is 2.38. The molecule has 1 aliphatic rings. The van der Waals surface area contributed by atoms with Crippen molar-refractivity contribution in [1.29, 1.82) is 0 Å². The summed E-state index contributed by atoms with van der Waals surface area (Å²) >= 11 is 0. The predicted octanol–water partition coefficient (Wildman–Crippen LogP) is 1.80. The van der Waals surface area contributed by atoms with Gasteiger partial charge in [0.2, 0.25) is 0 Å². The van der Waals surface area contributed by atoms with Gasteiger partial charge in [0.15, 0.2) is 0 Å². The van der Waals surface area contributed by atoms with Crippen LogP contribution in [-0.4, -0.2) is 23.3 Å². The average molecular weight is 198 g/mol. The minimum absolute atomic E-state index is 0.360. The van der Waals surface area contributed by atoms with E-state index in [9.17, 15) is 9.90 Å². The van der Waals surface area contributed by atoms with Crippen LogP contribution in [0, 0.1) is 0 Å². The largest absolute Gasteiger partial charge is 0.456 e. The molecule has 1 saturated heterocycles. The van der Waals surface area contributed by atoms with Crippen molar-refractivity contribution in [2.45, 2.75) is 51.7 Å².